The fourth-order valence-corrected chi connectivity index (χ4v) is 2.68. The van der Waals surface area contributed by atoms with Gasteiger partial charge in [-0.15, -0.1) is 0 Å². The highest BCUT2D eigenvalue weighted by Gasteiger charge is 2.29. The molecule has 1 fully saturated rings. The van der Waals surface area contributed by atoms with Crippen molar-refractivity contribution in [3.63, 3.8) is 0 Å². The number of carboxylic acid groups (broad SMARTS) is 1. The maximum Gasteiger partial charge on any atom is 0.335 e. The lowest BCUT2D eigenvalue weighted by atomic mass is 9.84. The Labute approximate surface area is 125 Å². The van der Waals surface area contributed by atoms with Crippen molar-refractivity contribution in [2.24, 2.45) is 5.41 Å². The topological polar surface area (TPSA) is 69.6 Å². The normalized spacial score (nSPS) is 17.4. The monoisotopic (exact) mass is 290 g/mol. The Morgan fingerprint density at radius 3 is 2.67 bits per heavy atom. The van der Waals surface area contributed by atoms with Crippen molar-refractivity contribution in [1.29, 1.82) is 0 Å². The molecule has 0 aromatic heterocycles. The van der Waals surface area contributed by atoms with Gasteiger partial charge in [-0.1, -0.05) is 19.9 Å². The summed E-state index contributed by atoms with van der Waals surface area (Å²) < 4.78 is 0. The van der Waals surface area contributed by atoms with Crippen LogP contribution in [0.2, 0.25) is 0 Å². The number of nitrogens with one attached hydrogen (secondary N) is 1. The summed E-state index contributed by atoms with van der Waals surface area (Å²) in [4.78, 5) is 25.2. The zero-order chi connectivity index (χ0) is 15.6. The molecule has 2 rings (SSSR count). The third-order valence-electron chi connectivity index (χ3n) is 3.91. The second-order valence-corrected chi connectivity index (χ2v) is 6.45. The van der Waals surface area contributed by atoms with E-state index >= 15 is 0 Å². The fourth-order valence-electron chi connectivity index (χ4n) is 2.68. The fraction of sp³-hybridized carbons (Fsp3) is 0.500. The van der Waals surface area contributed by atoms with E-state index in [4.69, 9.17) is 5.11 Å². The number of hydrogen-bond acceptors (Lipinski definition) is 2. The average Bonchev–Trinajstić information content (AvgIpc) is 2.39. The van der Waals surface area contributed by atoms with Crippen LogP contribution >= 0.6 is 0 Å². The molecule has 0 bridgehead atoms. The van der Waals surface area contributed by atoms with Gasteiger partial charge in [-0.2, -0.15) is 0 Å². The van der Waals surface area contributed by atoms with Gasteiger partial charge in [0.25, 0.3) is 0 Å². The van der Waals surface area contributed by atoms with Gasteiger partial charge < -0.3 is 15.3 Å². The largest absolute Gasteiger partial charge is 0.478 e. The number of aromatic carboxylic acids is 1. The molecule has 0 spiro atoms. The number of benzene rings is 1. The van der Waals surface area contributed by atoms with Gasteiger partial charge in [-0.25, -0.2) is 9.59 Å². The minimum Gasteiger partial charge on any atom is -0.478 e. The maximum atomic E-state index is 12.4. The molecule has 0 saturated carbocycles. The molecule has 0 aliphatic carbocycles. The molecule has 114 valence electrons. The number of likely N-dealkylation sites (tertiary alicyclic amines) is 1. The molecule has 2 N–H and O–H groups in total. The second kappa shape index (κ2) is 5.76. The summed E-state index contributed by atoms with van der Waals surface area (Å²) in [5.74, 6) is -0.996. The van der Waals surface area contributed by atoms with Crippen molar-refractivity contribution in [3.05, 3.63) is 29.3 Å². The van der Waals surface area contributed by atoms with Crippen molar-refractivity contribution in [3.8, 4) is 0 Å². The highest BCUT2D eigenvalue weighted by molar-refractivity contribution is 5.94. The van der Waals surface area contributed by atoms with Crippen LogP contribution in [0, 0.1) is 12.3 Å². The predicted molar refractivity (Wildman–Crippen MR) is 81.7 cm³/mol. The van der Waals surface area contributed by atoms with Crippen molar-refractivity contribution in [1.82, 2.24) is 4.90 Å². The van der Waals surface area contributed by atoms with Gasteiger partial charge in [0.05, 0.1) is 5.56 Å². The number of rotatable bonds is 2. The number of carbonyl (C=O) groups excluding carboxylic acids is 1. The lowest BCUT2D eigenvalue weighted by molar-refractivity contribution is 0.0697. The van der Waals surface area contributed by atoms with Gasteiger partial charge in [-0.05, 0) is 42.9 Å². The smallest absolute Gasteiger partial charge is 0.335 e. The van der Waals surface area contributed by atoms with Gasteiger partial charge in [0, 0.05) is 18.8 Å². The van der Waals surface area contributed by atoms with E-state index in [0.29, 0.717) is 5.69 Å². The maximum absolute atomic E-state index is 12.4. The van der Waals surface area contributed by atoms with Crippen molar-refractivity contribution in [2.45, 2.75) is 33.6 Å². The Kier molecular flexibility index (Phi) is 4.21. The van der Waals surface area contributed by atoms with Crippen LogP contribution in [0.3, 0.4) is 0 Å². The third-order valence-corrected chi connectivity index (χ3v) is 3.91. The van der Waals surface area contributed by atoms with Crippen LogP contribution in [0.15, 0.2) is 18.2 Å². The lowest BCUT2D eigenvalue weighted by Crippen LogP contribution is -2.45. The van der Waals surface area contributed by atoms with Gasteiger partial charge in [0.15, 0.2) is 0 Å². The van der Waals surface area contributed by atoms with Gasteiger partial charge in [-0.3, -0.25) is 0 Å². The molecular formula is C16H22N2O3. The third kappa shape index (κ3) is 3.74. The predicted octanol–water partition coefficient (Wildman–Crippen LogP) is 3.35. The Bertz CT molecular complexity index is 567. The van der Waals surface area contributed by atoms with Crippen LogP contribution < -0.4 is 5.32 Å². The first-order valence-electron chi connectivity index (χ1n) is 7.18. The van der Waals surface area contributed by atoms with Gasteiger partial charge in [0.2, 0.25) is 0 Å². The zero-order valence-electron chi connectivity index (χ0n) is 12.8. The Balaban J connectivity index is 2.12. The van der Waals surface area contributed by atoms with E-state index in [1.54, 1.807) is 11.0 Å². The van der Waals surface area contributed by atoms with Crippen LogP contribution in [0.25, 0.3) is 0 Å². The summed E-state index contributed by atoms with van der Waals surface area (Å²) in [5, 5.41) is 11.9. The highest BCUT2D eigenvalue weighted by Crippen LogP contribution is 2.29. The molecule has 1 aliphatic heterocycles. The number of hydrogen-bond donors (Lipinski definition) is 2. The summed E-state index contributed by atoms with van der Waals surface area (Å²) in [6, 6.07) is 4.59. The van der Waals surface area contributed by atoms with E-state index in [1.165, 1.54) is 12.1 Å². The Morgan fingerprint density at radius 1 is 1.33 bits per heavy atom. The van der Waals surface area contributed by atoms with Crippen LogP contribution in [0.1, 0.15) is 42.6 Å². The number of piperidine rings is 1. The molecule has 5 heteroatoms. The Morgan fingerprint density at radius 2 is 2.05 bits per heavy atom. The standard InChI is InChI=1S/C16H22N2O3/c1-11-5-6-12(14(19)20)9-13(11)17-15(21)18-8-4-7-16(2,3)10-18/h5-6,9H,4,7-8,10H2,1-3H3,(H,17,21)(H,19,20). The number of carbonyl (C=O) groups is 2. The average molecular weight is 290 g/mol. The van der Waals surface area contributed by atoms with Crippen LogP contribution in [-0.4, -0.2) is 35.1 Å². The summed E-state index contributed by atoms with van der Waals surface area (Å²) in [6.45, 7) is 7.62. The Hall–Kier alpha value is -2.04. The molecule has 1 heterocycles. The van der Waals surface area contributed by atoms with E-state index in [1.807, 2.05) is 6.92 Å². The van der Waals surface area contributed by atoms with E-state index in [-0.39, 0.29) is 17.0 Å². The van der Waals surface area contributed by atoms with Crippen molar-refractivity contribution >= 4 is 17.7 Å². The first-order chi connectivity index (χ1) is 9.78. The minimum absolute atomic E-state index is 0.132. The molecule has 5 nitrogen and oxygen atoms in total. The number of anilines is 1. The number of amides is 2. The molecule has 0 unspecified atom stereocenters. The second-order valence-electron chi connectivity index (χ2n) is 6.45. The highest BCUT2D eigenvalue weighted by atomic mass is 16.4. The summed E-state index contributed by atoms with van der Waals surface area (Å²) in [5.41, 5.74) is 1.72. The lowest BCUT2D eigenvalue weighted by Gasteiger charge is -2.38. The van der Waals surface area contributed by atoms with E-state index in [9.17, 15) is 9.59 Å². The number of nitrogens with zero attached hydrogens (tertiary/aromatic N) is 1. The van der Waals surface area contributed by atoms with Gasteiger partial charge in [0.1, 0.15) is 0 Å². The summed E-state index contributed by atoms with van der Waals surface area (Å²) >= 11 is 0. The molecular weight excluding hydrogens is 268 g/mol. The van der Waals surface area contributed by atoms with Crippen LogP contribution in [0.5, 0.6) is 0 Å². The first-order valence-corrected chi connectivity index (χ1v) is 7.18. The zero-order valence-corrected chi connectivity index (χ0v) is 12.8. The summed E-state index contributed by atoms with van der Waals surface area (Å²) in [7, 11) is 0. The van der Waals surface area contributed by atoms with Crippen molar-refractivity contribution < 1.29 is 14.7 Å². The van der Waals surface area contributed by atoms with Gasteiger partial charge >= 0.3 is 12.0 Å². The van der Waals surface area contributed by atoms with Crippen LogP contribution in [-0.2, 0) is 0 Å². The number of urea groups is 1. The molecule has 1 aromatic rings. The molecule has 21 heavy (non-hydrogen) atoms. The minimum atomic E-state index is -0.996. The SMILES string of the molecule is Cc1ccc(C(=O)O)cc1NC(=O)N1CCCC(C)(C)C1. The molecule has 0 atom stereocenters. The summed E-state index contributed by atoms with van der Waals surface area (Å²) in [6.07, 6.45) is 2.11. The molecule has 1 aromatic carbocycles. The molecule has 1 aliphatic rings. The van der Waals surface area contributed by atoms with E-state index in [2.05, 4.69) is 19.2 Å². The molecule has 0 radical (unpaired) electrons. The number of carboxylic acids is 1. The van der Waals surface area contributed by atoms with Crippen molar-refractivity contribution in [2.75, 3.05) is 18.4 Å². The van der Waals surface area contributed by atoms with Crippen LogP contribution in [0.4, 0.5) is 10.5 Å². The first kappa shape index (κ1) is 15.4. The quantitative estimate of drug-likeness (QED) is 0.877. The molecule has 2 amide bonds. The number of aryl methyl sites for hydroxylation is 1. The van der Waals surface area contributed by atoms with E-state index in [0.717, 1.165) is 31.5 Å². The molecule has 1 saturated heterocycles. The van der Waals surface area contributed by atoms with E-state index < -0.39 is 5.97 Å².